The minimum atomic E-state index is 0.672. The van der Waals surface area contributed by atoms with Crippen molar-refractivity contribution in [1.29, 1.82) is 0 Å². The maximum atomic E-state index is 9.94. The van der Waals surface area contributed by atoms with Crippen LogP contribution in [-0.4, -0.2) is 26.0 Å². The molecule has 4 heteroatoms. The average Bonchev–Trinajstić information content (AvgIpc) is 2.26. The molecule has 15 heavy (non-hydrogen) atoms. The van der Waals surface area contributed by atoms with Crippen LogP contribution >= 0.6 is 0 Å². The molecule has 0 aliphatic carbocycles. The fourth-order valence-corrected chi connectivity index (χ4v) is 1.26. The van der Waals surface area contributed by atoms with Crippen molar-refractivity contribution in [3.63, 3.8) is 0 Å². The molecule has 0 saturated heterocycles. The van der Waals surface area contributed by atoms with Crippen LogP contribution in [0.3, 0.4) is 0 Å². The van der Waals surface area contributed by atoms with E-state index in [1.807, 2.05) is 24.3 Å². The van der Waals surface area contributed by atoms with Crippen LogP contribution in [0.4, 0.5) is 5.69 Å². The predicted molar refractivity (Wildman–Crippen MR) is 61.5 cm³/mol. The van der Waals surface area contributed by atoms with E-state index < -0.39 is 0 Å². The molecule has 0 aliphatic rings. The zero-order valence-corrected chi connectivity index (χ0v) is 8.70. The van der Waals surface area contributed by atoms with E-state index in [4.69, 9.17) is 5.73 Å². The van der Waals surface area contributed by atoms with Crippen LogP contribution in [0.15, 0.2) is 24.3 Å². The van der Waals surface area contributed by atoms with E-state index in [2.05, 4.69) is 10.6 Å². The van der Waals surface area contributed by atoms with Gasteiger partial charge in [-0.2, -0.15) is 0 Å². The molecule has 0 fully saturated rings. The minimum Gasteiger partial charge on any atom is -0.399 e. The van der Waals surface area contributed by atoms with Crippen LogP contribution in [0, 0.1) is 0 Å². The second-order valence-corrected chi connectivity index (χ2v) is 3.31. The summed E-state index contributed by atoms with van der Waals surface area (Å²) in [6.45, 7) is 2.38. The van der Waals surface area contributed by atoms with E-state index in [1.54, 1.807) is 0 Å². The third-order valence-corrected chi connectivity index (χ3v) is 2.10. The van der Waals surface area contributed by atoms with Crippen molar-refractivity contribution < 1.29 is 4.79 Å². The van der Waals surface area contributed by atoms with E-state index in [0.29, 0.717) is 13.0 Å². The maximum absolute atomic E-state index is 9.94. The van der Waals surface area contributed by atoms with E-state index in [1.165, 1.54) is 5.56 Å². The Kier molecular flexibility index (Phi) is 5.25. The van der Waals surface area contributed by atoms with Crippen molar-refractivity contribution in [2.75, 3.05) is 25.4 Å². The van der Waals surface area contributed by atoms with Crippen molar-refractivity contribution in [2.24, 2.45) is 0 Å². The molecule has 1 aromatic carbocycles. The van der Waals surface area contributed by atoms with Gasteiger partial charge in [0.25, 0.3) is 0 Å². The molecule has 82 valence electrons. The maximum Gasteiger partial charge on any atom is 0.207 e. The van der Waals surface area contributed by atoms with Crippen molar-refractivity contribution >= 4 is 12.1 Å². The molecule has 0 atom stereocenters. The van der Waals surface area contributed by atoms with Gasteiger partial charge in [-0.05, 0) is 30.7 Å². The summed E-state index contributed by atoms with van der Waals surface area (Å²) in [6.07, 6.45) is 1.68. The third kappa shape index (κ3) is 5.02. The molecule has 0 saturated carbocycles. The number of nitrogens with one attached hydrogen (secondary N) is 2. The van der Waals surface area contributed by atoms with Crippen molar-refractivity contribution in [3.8, 4) is 0 Å². The summed E-state index contributed by atoms with van der Waals surface area (Å²) in [5.41, 5.74) is 7.64. The molecule has 0 bridgehead atoms. The lowest BCUT2D eigenvalue weighted by Crippen LogP contribution is -2.27. The Morgan fingerprint density at radius 1 is 1.13 bits per heavy atom. The van der Waals surface area contributed by atoms with Gasteiger partial charge < -0.3 is 16.4 Å². The average molecular weight is 207 g/mol. The molecule has 0 radical (unpaired) electrons. The molecule has 4 nitrogen and oxygen atoms in total. The first kappa shape index (κ1) is 11.5. The number of carbonyl (C=O) groups excluding carboxylic acids is 1. The Balaban J connectivity index is 2.09. The molecule has 1 aromatic rings. The summed E-state index contributed by atoms with van der Waals surface area (Å²) in [5, 5.41) is 5.83. The zero-order chi connectivity index (χ0) is 10.9. The fraction of sp³-hybridized carbons (Fsp3) is 0.364. The van der Waals surface area contributed by atoms with Crippen LogP contribution in [0.1, 0.15) is 5.56 Å². The van der Waals surface area contributed by atoms with Crippen LogP contribution in [0.5, 0.6) is 0 Å². The predicted octanol–water partition coefficient (Wildman–Crippen LogP) is 0.147. The fourth-order valence-electron chi connectivity index (χ4n) is 1.26. The molecule has 0 spiro atoms. The van der Waals surface area contributed by atoms with Gasteiger partial charge in [0.1, 0.15) is 0 Å². The second-order valence-electron chi connectivity index (χ2n) is 3.31. The lowest BCUT2D eigenvalue weighted by atomic mass is 10.1. The quantitative estimate of drug-likeness (QED) is 0.338. The van der Waals surface area contributed by atoms with Gasteiger partial charge in [0, 0.05) is 18.8 Å². The topological polar surface area (TPSA) is 67.2 Å². The van der Waals surface area contributed by atoms with Gasteiger partial charge >= 0.3 is 0 Å². The highest BCUT2D eigenvalue weighted by Gasteiger charge is 1.92. The molecule has 0 aliphatic heterocycles. The Morgan fingerprint density at radius 3 is 2.53 bits per heavy atom. The largest absolute Gasteiger partial charge is 0.399 e. The molecule has 0 unspecified atom stereocenters. The summed E-state index contributed by atoms with van der Waals surface area (Å²) in [4.78, 5) is 9.94. The lowest BCUT2D eigenvalue weighted by molar-refractivity contribution is -0.109. The van der Waals surface area contributed by atoms with Gasteiger partial charge in [0.05, 0.1) is 0 Å². The molecular formula is C11H17N3O. The summed E-state index contributed by atoms with van der Waals surface area (Å²) in [5.74, 6) is 0. The number of hydrogen-bond donors (Lipinski definition) is 3. The molecule has 0 heterocycles. The normalized spacial score (nSPS) is 9.87. The van der Waals surface area contributed by atoms with E-state index in [0.717, 1.165) is 25.2 Å². The van der Waals surface area contributed by atoms with Gasteiger partial charge in [-0.1, -0.05) is 12.1 Å². The van der Waals surface area contributed by atoms with Crippen LogP contribution in [0.25, 0.3) is 0 Å². The number of rotatable bonds is 7. The van der Waals surface area contributed by atoms with Crippen LogP contribution in [-0.2, 0) is 11.2 Å². The highest BCUT2D eigenvalue weighted by molar-refractivity contribution is 5.45. The molecule has 4 N–H and O–H groups in total. The van der Waals surface area contributed by atoms with E-state index in [-0.39, 0.29) is 0 Å². The molecule has 0 aromatic heterocycles. The smallest absolute Gasteiger partial charge is 0.207 e. The summed E-state index contributed by atoms with van der Waals surface area (Å²) in [6, 6.07) is 7.87. The summed E-state index contributed by atoms with van der Waals surface area (Å²) >= 11 is 0. The Morgan fingerprint density at radius 2 is 1.87 bits per heavy atom. The number of nitrogen functional groups attached to an aromatic ring is 1. The van der Waals surface area contributed by atoms with Gasteiger partial charge in [-0.25, -0.2) is 0 Å². The van der Waals surface area contributed by atoms with Crippen molar-refractivity contribution in [1.82, 2.24) is 10.6 Å². The highest BCUT2D eigenvalue weighted by atomic mass is 16.1. The lowest BCUT2D eigenvalue weighted by Gasteiger charge is -2.04. The SMILES string of the molecule is Nc1ccc(CCNCCNC=O)cc1. The van der Waals surface area contributed by atoms with E-state index in [9.17, 15) is 4.79 Å². The number of carbonyl (C=O) groups is 1. The molecule has 1 amide bonds. The first-order chi connectivity index (χ1) is 7.33. The van der Waals surface area contributed by atoms with Crippen molar-refractivity contribution in [3.05, 3.63) is 29.8 Å². The number of anilines is 1. The number of nitrogens with two attached hydrogens (primary N) is 1. The summed E-state index contributed by atoms with van der Waals surface area (Å²) in [7, 11) is 0. The first-order valence-corrected chi connectivity index (χ1v) is 5.05. The van der Waals surface area contributed by atoms with Gasteiger partial charge in [0.15, 0.2) is 0 Å². The van der Waals surface area contributed by atoms with Crippen molar-refractivity contribution in [2.45, 2.75) is 6.42 Å². The van der Waals surface area contributed by atoms with Crippen LogP contribution < -0.4 is 16.4 Å². The summed E-state index contributed by atoms with van der Waals surface area (Å²) < 4.78 is 0. The number of amides is 1. The Bertz CT molecular complexity index is 284. The highest BCUT2D eigenvalue weighted by Crippen LogP contribution is 2.05. The minimum absolute atomic E-state index is 0.672. The molecular weight excluding hydrogens is 190 g/mol. The third-order valence-electron chi connectivity index (χ3n) is 2.10. The van der Waals surface area contributed by atoms with Crippen LogP contribution in [0.2, 0.25) is 0 Å². The number of hydrogen-bond acceptors (Lipinski definition) is 3. The van der Waals surface area contributed by atoms with Gasteiger partial charge in [0.2, 0.25) is 6.41 Å². The monoisotopic (exact) mass is 207 g/mol. The first-order valence-electron chi connectivity index (χ1n) is 5.05. The standard InChI is InChI=1S/C11H17N3O/c12-11-3-1-10(2-4-11)5-6-13-7-8-14-9-15/h1-4,9,13H,5-8,12H2,(H,14,15). The Hall–Kier alpha value is -1.55. The van der Waals surface area contributed by atoms with Gasteiger partial charge in [-0.15, -0.1) is 0 Å². The number of benzene rings is 1. The second kappa shape index (κ2) is 6.84. The zero-order valence-electron chi connectivity index (χ0n) is 8.70. The Labute approximate surface area is 89.9 Å². The molecule has 1 rings (SSSR count). The van der Waals surface area contributed by atoms with Gasteiger partial charge in [-0.3, -0.25) is 4.79 Å². The van der Waals surface area contributed by atoms with E-state index >= 15 is 0 Å².